The summed E-state index contributed by atoms with van der Waals surface area (Å²) in [6, 6.07) is 5.56. The molecular formula is C27H34F4O6. The van der Waals surface area contributed by atoms with Crippen molar-refractivity contribution in [1.82, 2.24) is 0 Å². The molecule has 0 N–H and O–H groups in total. The minimum atomic E-state index is -1.80. The van der Waals surface area contributed by atoms with Gasteiger partial charge in [-0.3, -0.25) is 0 Å². The molecule has 2 aromatic rings. The number of carbonyl (C=O) groups is 1. The van der Waals surface area contributed by atoms with Crippen molar-refractivity contribution in [2.45, 2.75) is 58.7 Å². The highest BCUT2D eigenvalue weighted by Gasteiger charge is 2.25. The van der Waals surface area contributed by atoms with E-state index in [1.807, 2.05) is 34.6 Å². The normalized spacial score (nSPS) is 12.0. The summed E-state index contributed by atoms with van der Waals surface area (Å²) in [6.45, 7) is 12.4. The van der Waals surface area contributed by atoms with Crippen molar-refractivity contribution in [2.75, 3.05) is 33.0 Å². The zero-order valence-corrected chi connectivity index (χ0v) is 21.8. The highest BCUT2D eigenvalue weighted by atomic mass is 19.2. The second-order valence-electron chi connectivity index (χ2n) is 9.47. The topological polar surface area (TPSA) is 63.2 Å². The second kappa shape index (κ2) is 13.7. The smallest absolute Gasteiger partial charge is 0.343 e. The van der Waals surface area contributed by atoms with Gasteiger partial charge in [-0.1, -0.05) is 0 Å². The van der Waals surface area contributed by atoms with E-state index in [0.717, 1.165) is 0 Å². The predicted octanol–water partition coefficient (Wildman–Crippen LogP) is 6.25. The van der Waals surface area contributed by atoms with Crippen molar-refractivity contribution >= 4 is 5.97 Å². The van der Waals surface area contributed by atoms with Crippen molar-refractivity contribution < 1.29 is 46.0 Å². The Balaban J connectivity index is 1.80. The summed E-state index contributed by atoms with van der Waals surface area (Å²) >= 11 is 0. The largest absolute Gasteiger partial charge is 0.493 e. The number of esters is 1. The van der Waals surface area contributed by atoms with E-state index >= 15 is 0 Å². The van der Waals surface area contributed by atoms with E-state index in [2.05, 4.69) is 4.74 Å². The van der Waals surface area contributed by atoms with Crippen LogP contribution in [0.2, 0.25) is 0 Å². The fraction of sp³-hybridized carbons (Fsp3) is 0.519. The monoisotopic (exact) mass is 530 g/mol. The molecule has 0 aromatic heterocycles. The molecule has 0 fully saturated rings. The molecule has 2 aromatic carbocycles. The zero-order valence-electron chi connectivity index (χ0n) is 21.8. The number of rotatable bonds is 15. The summed E-state index contributed by atoms with van der Waals surface area (Å²) in [4.78, 5) is 12.2. The SMILES string of the molecule is CCOCCOC(C)(C)CCOC(C)(C)CCOc1ccc(C(=O)Oc2c(F)c(F)cc(F)c2F)cc1. The molecule has 37 heavy (non-hydrogen) atoms. The molecule has 10 heteroatoms. The summed E-state index contributed by atoms with van der Waals surface area (Å²) in [6.07, 6.45) is 1.28. The zero-order chi connectivity index (χ0) is 27.6. The minimum absolute atomic E-state index is 0.0289. The van der Waals surface area contributed by atoms with E-state index in [1.54, 1.807) is 0 Å². The molecule has 0 spiro atoms. The molecule has 2 rings (SSSR count). The molecule has 0 bridgehead atoms. The molecule has 0 unspecified atom stereocenters. The van der Waals surface area contributed by atoms with Crippen molar-refractivity contribution in [3.8, 4) is 11.5 Å². The fourth-order valence-corrected chi connectivity index (χ4v) is 3.13. The van der Waals surface area contributed by atoms with E-state index in [9.17, 15) is 22.4 Å². The van der Waals surface area contributed by atoms with Crippen molar-refractivity contribution in [2.24, 2.45) is 0 Å². The highest BCUT2D eigenvalue weighted by molar-refractivity contribution is 5.91. The Labute approximate surface area is 214 Å². The van der Waals surface area contributed by atoms with Gasteiger partial charge >= 0.3 is 5.97 Å². The average molecular weight is 531 g/mol. The van der Waals surface area contributed by atoms with Crippen molar-refractivity contribution in [3.05, 3.63) is 59.2 Å². The molecule has 6 nitrogen and oxygen atoms in total. The van der Waals surface area contributed by atoms with Crippen LogP contribution in [0.15, 0.2) is 30.3 Å². The third-order valence-corrected chi connectivity index (χ3v) is 5.45. The lowest BCUT2D eigenvalue weighted by Crippen LogP contribution is -2.32. The van der Waals surface area contributed by atoms with Crippen LogP contribution in [0.1, 0.15) is 57.8 Å². The first-order chi connectivity index (χ1) is 17.3. The van der Waals surface area contributed by atoms with Crippen LogP contribution in [0, 0.1) is 23.3 Å². The van der Waals surface area contributed by atoms with Crippen LogP contribution in [-0.4, -0.2) is 50.2 Å². The van der Waals surface area contributed by atoms with Gasteiger partial charge in [0.05, 0.1) is 43.2 Å². The van der Waals surface area contributed by atoms with E-state index in [0.29, 0.717) is 51.6 Å². The van der Waals surface area contributed by atoms with Gasteiger partial charge in [0.2, 0.25) is 17.4 Å². The Bertz CT molecular complexity index is 998. The number of hydrogen-bond donors (Lipinski definition) is 0. The first-order valence-electron chi connectivity index (χ1n) is 12.0. The van der Waals surface area contributed by atoms with Gasteiger partial charge in [-0.05, 0) is 65.3 Å². The van der Waals surface area contributed by atoms with E-state index in [4.69, 9.17) is 18.9 Å². The molecule has 0 aliphatic rings. The van der Waals surface area contributed by atoms with Crippen LogP contribution < -0.4 is 9.47 Å². The summed E-state index contributed by atoms with van der Waals surface area (Å²) in [5.41, 5.74) is -0.891. The van der Waals surface area contributed by atoms with Crippen LogP contribution in [-0.2, 0) is 14.2 Å². The fourth-order valence-electron chi connectivity index (χ4n) is 3.13. The summed E-state index contributed by atoms with van der Waals surface area (Å²) in [5.74, 6) is -9.13. The molecule has 0 aliphatic carbocycles. The lowest BCUT2D eigenvalue weighted by Gasteiger charge is -2.29. The van der Waals surface area contributed by atoms with Crippen LogP contribution in [0.4, 0.5) is 17.6 Å². The number of ether oxygens (including phenoxy) is 5. The highest BCUT2D eigenvalue weighted by Crippen LogP contribution is 2.27. The summed E-state index contributed by atoms with van der Waals surface area (Å²) in [5, 5.41) is 0. The van der Waals surface area contributed by atoms with Gasteiger partial charge in [0.25, 0.3) is 0 Å². The van der Waals surface area contributed by atoms with Gasteiger partial charge in [0.15, 0.2) is 11.6 Å². The number of halogens is 4. The Kier molecular flexibility index (Phi) is 11.3. The lowest BCUT2D eigenvalue weighted by atomic mass is 10.0. The van der Waals surface area contributed by atoms with Gasteiger partial charge in [-0.2, -0.15) is 8.78 Å². The molecule has 0 radical (unpaired) electrons. The maximum Gasteiger partial charge on any atom is 0.343 e. The van der Waals surface area contributed by atoms with Crippen LogP contribution in [0.25, 0.3) is 0 Å². The van der Waals surface area contributed by atoms with Crippen LogP contribution >= 0.6 is 0 Å². The molecule has 0 saturated heterocycles. The third-order valence-electron chi connectivity index (χ3n) is 5.45. The van der Waals surface area contributed by atoms with Crippen LogP contribution in [0.3, 0.4) is 0 Å². The summed E-state index contributed by atoms with van der Waals surface area (Å²) < 4.78 is 81.4. The van der Waals surface area contributed by atoms with Gasteiger partial charge in [0.1, 0.15) is 5.75 Å². The predicted molar refractivity (Wildman–Crippen MR) is 129 cm³/mol. The van der Waals surface area contributed by atoms with Gasteiger partial charge in [-0.25, -0.2) is 13.6 Å². The Morgan fingerprint density at radius 2 is 1.32 bits per heavy atom. The second-order valence-corrected chi connectivity index (χ2v) is 9.47. The first-order valence-corrected chi connectivity index (χ1v) is 12.0. The van der Waals surface area contributed by atoms with Gasteiger partial charge < -0.3 is 23.7 Å². The maximum absolute atomic E-state index is 13.7. The van der Waals surface area contributed by atoms with Crippen LogP contribution in [0.5, 0.6) is 11.5 Å². The molecule has 0 saturated carbocycles. The quantitative estimate of drug-likeness (QED) is 0.0892. The molecule has 0 aliphatic heterocycles. The van der Waals surface area contributed by atoms with E-state index in [-0.39, 0.29) is 17.2 Å². The Morgan fingerprint density at radius 3 is 1.89 bits per heavy atom. The summed E-state index contributed by atoms with van der Waals surface area (Å²) in [7, 11) is 0. The molecule has 0 heterocycles. The van der Waals surface area contributed by atoms with E-state index < -0.39 is 40.6 Å². The van der Waals surface area contributed by atoms with Crippen molar-refractivity contribution in [3.63, 3.8) is 0 Å². The maximum atomic E-state index is 13.7. The average Bonchev–Trinajstić information content (AvgIpc) is 2.83. The minimum Gasteiger partial charge on any atom is -0.493 e. The number of hydrogen-bond acceptors (Lipinski definition) is 6. The van der Waals surface area contributed by atoms with E-state index in [1.165, 1.54) is 24.3 Å². The van der Waals surface area contributed by atoms with Gasteiger partial charge in [0, 0.05) is 19.1 Å². The number of benzene rings is 2. The third kappa shape index (κ3) is 9.94. The molecule has 206 valence electrons. The van der Waals surface area contributed by atoms with Crippen molar-refractivity contribution in [1.29, 1.82) is 0 Å². The standard InChI is InChI=1S/C27H34F4O6/c1-6-33-15-16-36-27(4,5)12-14-35-26(2,3)11-13-34-19-9-7-18(8-10-19)25(32)37-24-22(30)20(28)17-21(29)23(24)31/h7-10,17H,6,11-16H2,1-5H3. The lowest BCUT2D eigenvalue weighted by molar-refractivity contribution is -0.0860. The number of carbonyl (C=O) groups excluding carboxylic acids is 1. The Hall–Kier alpha value is -2.69. The first kappa shape index (κ1) is 30.5. The van der Waals surface area contributed by atoms with Gasteiger partial charge in [-0.15, -0.1) is 0 Å². The Morgan fingerprint density at radius 1 is 0.784 bits per heavy atom. The molecule has 0 atom stereocenters. The molecule has 0 amide bonds. The molecular weight excluding hydrogens is 496 g/mol.